The van der Waals surface area contributed by atoms with Crippen molar-refractivity contribution in [2.24, 2.45) is 0 Å². The van der Waals surface area contributed by atoms with Crippen molar-refractivity contribution in [3.8, 4) is 0 Å². The summed E-state index contributed by atoms with van der Waals surface area (Å²) in [6.07, 6.45) is 0. The molecule has 0 aliphatic carbocycles. The first-order valence-electron chi connectivity index (χ1n) is 6.88. The lowest BCUT2D eigenvalue weighted by Gasteiger charge is -2.28. The van der Waals surface area contributed by atoms with Crippen molar-refractivity contribution in [2.75, 3.05) is 12.3 Å². The summed E-state index contributed by atoms with van der Waals surface area (Å²) in [7, 11) is 0. The molecule has 104 valence electrons. The predicted octanol–water partition coefficient (Wildman–Crippen LogP) is 4.01. The quantitative estimate of drug-likeness (QED) is 0.821. The number of benzene rings is 1. The third-order valence-corrected chi connectivity index (χ3v) is 3.34. The van der Waals surface area contributed by atoms with Gasteiger partial charge in [-0.2, -0.15) is 0 Å². The van der Waals surface area contributed by atoms with E-state index >= 15 is 0 Å². The van der Waals surface area contributed by atoms with Crippen LogP contribution < -0.4 is 5.73 Å². The zero-order valence-corrected chi connectivity index (χ0v) is 13.1. The Hall–Kier alpha value is -1.02. The van der Waals surface area contributed by atoms with E-state index in [9.17, 15) is 0 Å². The Balaban J connectivity index is 0.000000321. The van der Waals surface area contributed by atoms with Crippen LogP contribution in [0.1, 0.15) is 45.7 Å². The minimum atomic E-state index is 0.690. The van der Waals surface area contributed by atoms with Crippen LogP contribution in [0.3, 0.4) is 0 Å². The first kappa shape index (κ1) is 17.0. The number of hydrogen-bond acceptors (Lipinski definition) is 2. The first-order valence-corrected chi connectivity index (χ1v) is 6.88. The number of hydrogen-bond donors (Lipinski definition) is 1. The molecule has 0 saturated carbocycles. The fourth-order valence-electron chi connectivity index (χ4n) is 2.10. The van der Waals surface area contributed by atoms with E-state index in [0.29, 0.717) is 12.1 Å². The van der Waals surface area contributed by atoms with Gasteiger partial charge in [-0.05, 0) is 65.3 Å². The molecule has 0 aliphatic heterocycles. The van der Waals surface area contributed by atoms with Crippen LogP contribution in [0.2, 0.25) is 0 Å². The second-order valence-corrected chi connectivity index (χ2v) is 5.31. The van der Waals surface area contributed by atoms with Crippen molar-refractivity contribution in [3.05, 3.63) is 29.3 Å². The fraction of sp³-hybridized carbons (Fsp3) is 0.625. The minimum absolute atomic E-state index is 0.690. The van der Waals surface area contributed by atoms with Gasteiger partial charge >= 0.3 is 0 Å². The number of nitrogens with zero attached hydrogens (tertiary/aromatic N) is 1. The highest BCUT2D eigenvalue weighted by Crippen LogP contribution is 2.13. The molecule has 0 atom stereocenters. The third-order valence-electron chi connectivity index (χ3n) is 3.34. The molecule has 1 rings (SSSR count). The Kier molecular flexibility index (Phi) is 7.69. The van der Waals surface area contributed by atoms with Gasteiger partial charge in [-0.25, -0.2) is 0 Å². The van der Waals surface area contributed by atoms with Crippen molar-refractivity contribution in [1.29, 1.82) is 0 Å². The molecule has 0 amide bonds. The van der Waals surface area contributed by atoms with Gasteiger partial charge in [0.1, 0.15) is 0 Å². The standard InChI is InChI=1S/C8H11N.C8H19N/c1-6-4-3-5-8(9)7(6)2;1-6-9(7(2)3)8(4)5/h3-5H,9H2,1-2H3;7-8H,6H2,1-5H3. The Labute approximate surface area is 113 Å². The van der Waals surface area contributed by atoms with Gasteiger partial charge in [0.25, 0.3) is 0 Å². The lowest BCUT2D eigenvalue weighted by Crippen LogP contribution is -2.36. The molecule has 2 nitrogen and oxygen atoms in total. The van der Waals surface area contributed by atoms with Crippen molar-refractivity contribution in [2.45, 2.75) is 60.5 Å². The summed E-state index contributed by atoms with van der Waals surface area (Å²) < 4.78 is 0. The Morgan fingerprint density at radius 2 is 1.56 bits per heavy atom. The minimum Gasteiger partial charge on any atom is -0.399 e. The number of nitrogens with two attached hydrogens (primary N) is 1. The normalized spacial score (nSPS) is 10.8. The largest absolute Gasteiger partial charge is 0.399 e. The molecular formula is C16H30N2. The van der Waals surface area contributed by atoms with Crippen LogP contribution in [-0.2, 0) is 0 Å². The van der Waals surface area contributed by atoms with E-state index in [0.717, 1.165) is 12.2 Å². The molecule has 0 spiro atoms. The van der Waals surface area contributed by atoms with Crippen LogP contribution >= 0.6 is 0 Å². The molecule has 0 fully saturated rings. The maximum atomic E-state index is 5.62. The molecule has 0 aromatic heterocycles. The number of rotatable bonds is 3. The molecule has 0 unspecified atom stereocenters. The lowest BCUT2D eigenvalue weighted by atomic mass is 10.1. The van der Waals surface area contributed by atoms with Crippen molar-refractivity contribution < 1.29 is 0 Å². The van der Waals surface area contributed by atoms with Gasteiger partial charge < -0.3 is 5.73 Å². The molecule has 1 aromatic rings. The number of nitrogen functional groups attached to an aromatic ring is 1. The van der Waals surface area contributed by atoms with E-state index in [-0.39, 0.29) is 0 Å². The summed E-state index contributed by atoms with van der Waals surface area (Å²) in [6, 6.07) is 7.33. The summed E-state index contributed by atoms with van der Waals surface area (Å²) in [5.74, 6) is 0. The van der Waals surface area contributed by atoms with E-state index < -0.39 is 0 Å². The van der Waals surface area contributed by atoms with Crippen molar-refractivity contribution in [3.63, 3.8) is 0 Å². The summed E-state index contributed by atoms with van der Waals surface area (Å²) in [6.45, 7) is 16.4. The molecule has 2 heteroatoms. The van der Waals surface area contributed by atoms with Gasteiger partial charge in [0.2, 0.25) is 0 Å². The highest BCUT2D eigenvalue weighted by Gasteiger charge is 2.08. The molecule has 2 N–H and O–H groups in total. The van der Waals surface area contributed by atoms with Crippen molar-refractivity contribution in [1.82, 2.24) is 4.90 Å². The molecule has 0 saturated heterocycles. The third kappa shape index (κ3) is 5.54. The first-order chi connectivity index (χ1) is 8.31. The molecule has 1 aromatic carbocycles. The molecule has 18 heavy (non-hydrogen) atoms. The topological polar surface area (TPSA) is 29.3 Å². The monoisotopic (exact) mass is 250 g/mol. The lowest BCUT2D eigenvalue weighted by molar-refractivity contribution is 0.185. The van der Waals surface area contributed by atoms with Gasteiger partial charge in [0.05, 0.1) is 0 Å². The number of aryl methyl sites for hydroxylation is 1. The van der Waals surface area contributed by atoms with E-state index in [4.69, 9.17) is 5.73 Å². The average Bonchev–Trinajstić information content (AvgIpc) is 2.26. The van der Waals surface area contributed by atoms with E-state index in [1.54, 1.807) is 0 Å². The summed E-state index contributed by atoms with van der Waals surface area (Å²) in [4.78, 5) is 2.46. The Bertz CT molecular complexity index is 315. The van der Waals surface area contributed by atoms with Crippen LogP contribution in [-0.4, -0.2) is 23.5 Å². The van der Waals surface area contributed by atoms with Gasteiger partial charge in [0, 0.05) is 17.8 Å². The van der Waals surface area contributed by atoms with Gasteiger partial charge in [-0.3, -0.25) is 4.90 Å². The van der Waals surface area contributed by atoms with E-state index in [2.05, 4.69) is 52.5 Å². The maximum absolute atomic E-state index is 5.62. The van der Waals surface area contributed by atoms with Crippen LogP contribution in [0, 0.1) is 13.8 Å². The second-order valence-electron chi connectivity index (χ2n) is 5.31. The maximum Gasteiger partial charge on any atom is 0.0346 e. The summed E-state index contributed by atoms with van der Waals surface area (Å²) in [5.41, 5.74) is 8.96. The van der Waals surface area contributed by atoms with Crippen LogP contribution in [0.15, 0.2) is 18.2 Å². The van der Waals surface area contributed by atoms with Crippen molar-refractivity contribution >= 4 is 5.69 Å². The number of anilines is 1. The molecule has 0 heterocycles. The molecule has 0 bridgehead atoms. The van der Waals surface area contributed by atoms with Gasteiger partial charge in [-0.1, -0.05) is 19.1 Å². The average molecular weight is 250 g/mol. The zero-order chi connectivity index (χ0) is 14.3. The zero-order valence-electron chi connectivity index (χ0n) is 13.1. The predicted molar refractivity (Wildman–Crippen MR) is 83.0 cm³/mol. The van der Waals surface area contributed by atoms with Crippen LogP contribution in [0.4, 0.5) is 5.69 Å². The van der Waals surface area contributed by atoms with Crippen LogP contribution in [0.25, 0.3) is 0 Å². The van der Waals surface area contributed by atoms with Gasteiger partial charge in [0.15, 0.2) is 0 Å². The van der Waals surface area contributed by atoms with Gasteiger partial charge in [-0.15, -0.1) is 0 Å². The van der Waals surface area contributed by atoms with Crippen LogP contribution in [0.5, 0.6) is 0 Å². The highest BCUT2D eigenvalue weighted by molar-refractivity contribution is 5.49. The smallest absolute Gasteiger partial charge is 0.0346 e. The SMILES string of the molecule is CCN(C(C)C)C(C)C.Cc1cccc(N)c1C. The highest BCUT2D eigenvalue weighted by atomic mass is 15.2. The second kappa shape index (κ2) is 8.15. The Morgan fingerprint density at radius 1 is 1.06 bits per heavy atom. The molecular weight excluding hydrogens is 220 g/mol. The van der Waals surface area contributed by atoms with E-state index in [1.807, 2.05) is 19.1 Å². The summed E-state index contributed by atoms with van der Waals surface area (Å²) in [5, 5.41) is 0. The van der Waals surface area contributed by atoms with E-state index in [1.165, 1.54) is 11.1 Å². The molecule has 0 aliphatic rings. The Morgan fingerprint density at radius 3 is 1.78 bits per heavy atom. The molecule has 0 radical (unpaired) electrons. The fourth-order valence-corrected chi connectivity index (χ4v) is 2.10. The summed E-state index contributed by atoms with van der Waals surface area (Å²) >= 11 is 0.